The molecule has 2 heterocycles. The van der Waals surface area contributed by atoms with E-state index in [1.165, 1.54) is 6.92 Å². The molecule has 0 saturated heterocycles. The third-order valence-electron chi connectivity index (χ3n) is 6.26. The second-order valence-electron chi connectivity index (χ2n) is 9.00. The highest BCUT2D eigenvalue weighted by Gasteiger charge is 2.38. The van der Waals surface area contributed by atoms with Gasteiger partial charge in [-0.05, 0) is 37.1 Å². The lowest BCUT2D eigenvalue weighted by atomic mass is 9.89. The maximum Gasteiger partial charge on any atom is 0.227 e. The SMILES string of the molecule is CC(=O)NC1(c2noc(CCC(=O)Nc3ccc(OCc4nccn4C)cc3)n2)CCCCCC1. The highest BCUT2D eigenvalue weighted by Crippen LogP contribution is 2.34. The topological polar surface area (TPSA) is 124 Å². The first-order valence-electron chi connectivity index (χ1n) is 12.0. The van der Waals surface area contributed by atoms with Gasteiger partial charge in [0.25, 0.3) is 0 Å². The summed E-state index contributed by atoms with van der Waals surface area (Å²) in [5, 5.41) is 10.1. The van der Waals surface area contributed by atoms with Crippen molar-refractivity contribution >= 4 is 17.5 Å². The van der Waals surface area contributed by atoms with Gasteiger partial charge in [-0.1, -0.05) is 30.8 Å². The van der Waals surface area contributed by atoms with Crippen LogP contribution in [-0.4, -0.2) is 31.5 Å². The first-order chi connectivity index (χ1) is 16.9. The zero-order chi connectivity index (χ0) is 24.7. The Balaban J connectivity index is 1.28. The molecule has 0 aliphatic heterocycles. The van der Waals surface area contributed by atoms with Crippen molar-refractivity contribution in [3.05, 3.63) is 54.2 Å². The maximum atomic E-state index is 12.5. The zero-order valence-electron chi connectivity index (χ0n) is 20.2. The van der Waals surface area contributed by atoms with Crippen LogP contribution in [0, 0.1) is 0 Å². The summed E-state index contributed by atoms with van der Waals surface area (Å²) in [5.41, 5.74) is 0.0838. The van der Waals surface area contributed by atoms with Crippen LogP contribution in [0.5, 0.6) is 5.75 Å². The summed E-state index contributed by atoms with van der Waals surface area (Å²) in [6, 6.07) is 7.19. The molecule has 186 valence electrons. The van der Waals surface area contributed by atoms with Crippen molar-refractivity contribution < 1.29 is 18.8 Å². The van der Waals surface area contributed by atoms with Gasteiger partial charge in [-0.15, -0.1) is 0 Å². The van der Waals surface area contributed by atoms with E-state index in [1.807, 2.05) is 17.8 Å². The number of rotatable bonds is 9. The fourth-order valence-corrected chi connectivity index (χ4v) is 4.39. The summed E-state index contributed by atoms with van der Waals surface area (Å²) in [4.78, 5) is 33.1. The molecule has 1 fully saturated rings. The molecular weight excluding hydrogens is 448 g/mol. The van der Waals surface area contributed by atoms with Gasteiger partial charge >= 0.3 is 0 Å². The number of imidazole rings is 1. The Morgan fingerprint density at radius 2 is 1.89 bits per heavy atom. The Morgan fingerprint density at radius 1 is 1.14 bits per heavy atom. The quantitative estimate of drug-likeness (QED) is 0.448. The van der Waals surface area contributed by atoms with E-state index in [0.717, 1.165) is 44.3 Å². The Morgan fingerprint density at radius 3 is 2.54 bits per heavy atom. The Bertz CT molecular complexity index is 1130. The summed E-state index contributed by atoms with van der Waals surface area (Å²) < 4.78 is 13.1. The zero-order valence-corrected chi connectivity index (χ0v) is 20.2. The van der Waals surface area contributed by atoms with Crippen LogP contribution in [0.15, 0.2) is 41.2 Å². The number of nitrogens with one attached hydrogen (secondary N) is 2. The number of aryl methyl sites for hydroxylation is 2. The predicted molar refractivity (Wildman–Crippen MR) is 128 cm³/mol. The Kier molecular flexibility index (Phi) is 7.79. The predicted octanol–water partition coefficient (Wildman–Crippen LogP) is 3.64. The van der Waals surface area contributed by atoms with Gasteiger partial charge < -0.3 is 24.5 Å². The van der Waals surface area contributed by atoms with E-state index >= 15 is 0 Å². The monoisotopic (exact) mass is 480 g/mol. The molecule has 10 nitrogen and oxygen atoms in total. The van der Waals surface area contributed by atoms with E-state index in [-0.39, 0.29) is 18.2 Å². The number of nitrogens with zero attached hydrogens (tertiary/aromatic N) is 4. The number of amides is 2. The number of ether oxygens (including phenoxy) is 1. The first-order valence-corrected chi connectivity index (χ1v) is 12.0. The van der Waals surface area contributed by atoms with Crippen LogP contribution in [0.1, 0.15) is 69.4 Å². The summed E-state index contributed by atoms with van der Waals surface area (Å²) >= 11 is 0. The van der Waals surface area contributed by atoms with E-state index in [1.54, 1.807) is 30.5 Å². The minimum atomic E-state index is -0.591. The van der Waals surface area contributed by atoms with Crippen LogP contribution in [0.3, 0.4) is 0 Å². The molecule has 0 bridgehead atoms. The number of carbonyl (C=O) groups is 2. The van der Waals surface area contributed by atoms with Crippen LogP contribution in [-0.2, 0) is 35.2 Å². The van der Waals surface area contributed by atoms with Gasteiger partial charge in [0.05, 0.1) is 0 Å². The average Bonchev–Trinajstić information content (AvgIpc) is 3.41. The number of hydrogen-bond acceptors (Lipinski definition) is 7. The highest BCUT2D eigenvalue weighted by molar-refractivity contribution is 5.90. The molecule has 2 amide bonds. The molecular formula is C25H32N6O4. The Labute approximate surface area is 204 Å². The van der Waals surface area contributed by atoms with Crippen molar-refractivity contribution in [3.63, 3.8) is 0 Å². The summed E-state index contributed by atoms with van der Waals surface area (Å²) in [5.74, 6) is 2.15. The Hall–Kier alpha value is -3.69. The number of benzene rings is 1. The first kappa shape index (κ1) is 24.4. The van der Waals surface area contributed by atoms with Gasteiger partial charge in [0.15, 0.2) is 5.82 Å². The minimum absolute atomic E-state index is 0.106. The fraction of sp³-hybridized carbons (Fsp3) is 0.480. The second-order valence-corrected chi connectivity index (χ2v) is 9.00. The molecule has 0 unspecified atom stereocenters. The molecule has 1 aliphatic carbocycles. The van der Waals surface area contributed by atoms with Gasteiger partial charge in [-0.3, -0.25) is 9.59 Å². The van der Waals surface area contributed by atoms with Crippen LogP contribution < -0.4 is 15.4 Å². The largest absolute Gasteiger partial charge is 0.486 e. The average molecular weight is 481 g/mol. The number of aromatic nitrogens is 4. The van der Waals surface area contributed by atoms with E-state index in [9.17, 15) is 9.59 Å². The molecule has 0 radical (unpaired) electrons. The summed E-state index contributed by atoms with van der Waals surface area (Å²) in [7, 11) is 1.91. The summed E-state index contributed by atoms with van der Waals surface area (Å²) in [6.07, 6.45) is 9.94. The van der Waals surface area contributed by atoms with Crippen molar-refractivity contribution in [2.24, 2.45) is 7.05 Å². The fourth-order valence-electron chi connectivity index (χ4n) is 4.39. The van der Waals surface area contributed by atoms with Crippen molar-refractivity contribution in [2.45, 2.75) is 70.4 Å². The number of anilines is 1. The molecule has 35 heavy (non-hydrogen) atoms. The molecule has 3 aromatic rings. The van der Waals surface area contributed by atoms with Crippen LogP contribution in [0.25, 0.3) is 0 Å². The smallest absolute Gasteiger partial charge is 0.227 e. The molecule has 4 rings (SSSR count). The van der Waals surface area contributed by atoms with Crippen molar-refractivity contribution in [2.75, 3.05) is 5.32 Å². The van der Waals surface area contributed by atoms with Crippen LogP contribution in [0.2, 0.25) is 0 Å². The van der Waals surface area contributed by atoms with Gasteiger partial charge in [0, 0.05) is 44.9 Å². The lowest BCUT2D eigenvalue weighted by Gasteiger charge is -2.30. The molecule has 1 aromatic carbocycles. The molecule has 1 aliphatic rings. The van der Waals surface area contributed by atoms with Gasteiger partial charge in [-0.25, -0.2) is 4.98 Å². The van der Waals surface area contributed by atoms with Crippen LogP contribution in [0.4, 0.5) is 5.69 Å². The lowest BCUT2D eigenvalue weighted by Crippen LogP contribution is -2.45. The summed E-state index contributed by atoms with van der Waals surface area (Å²) in [6.45, 7) is 1.88. The normalized spacial score (nSPS) is 15.3. The third-order valence-corrected chi connectivity index (χ3v) is 6.26. The van der Waals surface area contributed by atoms with Gasteiger partial charge in [0.1, 0.15) is 23.7 Å². The third kappa shape index (κ3) is 6.46. The minimum Gasteiger partial charge on any atom is -0.486 e. The van der Waals surface area contributed by atoms with E-state index < -0.39 is 5.54 Å². The van der Waals surface area contributed by atoms with Crippen molar-refractivity contribution in [3.8, 4) is 5.75 Å². The molecule has 1 saturated carbocycles. The van der Waals surface area contributed by atoms with Crippen molar-refractivity contribution in [1.29, 1.82) is 0 Å². The highest BCUT2D eigenvalue weighted by atomic mass is 16.5. The molecule has 0 spiro atoms. The lowest BCUT2D eigenvalue weighted by molar-refractivity contribution is -0.121. The standard InChI is InChI=1S/C25H32N6O4/c1-18(32)29-25(13-5-3-4-6-14-25)24-28-23(35-30-24)12-11-22(33)27-19-7-9-20(10-8-19)34-17-21-26-15-16-31(21)2/h7-10,15-16H,3-6,11-14,17H2,1-2H3,(H,27,33)(H,29,32). The van der Waals surface area contributed by atoms with Crippen LogP contribution >= 0.6 is 0 Å². The maximum absolute atomic E-state index is 12.5. The second kappa shape index (κ2) is 11.2. The van der Waals surface area contributed by atoms with Gasteiger partial charge in [-0.2, -0.15) is 4.98 Å². The molecule has 2 N–H and O–H groups in total. The number of hydrogen-bond donors (Lipinski definition) is 2. The van der Waals surface area contributed by atoms with Crippen molar-refractivity contribution in [1.82, 2.24) is 25.0 Å². The van der Waals surface area contributed by atoms with Gasteiger partial charge in [0.2, 0.25) is 17.7 Å². The number of carbonyl (C=O) groups excluding carboxylic acids is 2. The molecule has 0 atom stereocenters. The molecule has 10 heteroatoms. The van der Waals surface area contributed by atoms with E-state index in [4.69, 9.17) is 9.26 Å². The van der Waals surface area contributed by atoms with E-state index in [2.05, 4.69) is 25.8 Å². The molecule has 2 aromatic heterocycles. The van der Waals surface area contributed by atoms with E-state index in [0.29, 0.717) is 36.2 Å².